The first-order valence-electron chi connectivity index (χ1n) is 8.63. The molecule has 0 aliphatic heterocycles. The summed E-state index contributed by atoms with van der Waals surface area (Å²) in [6, 6.07) is 13.7. The summed E-state index contributed by atoms with van der Waals surface area (Å²) in [5.41, 5.74) is 2.25. The van der Waals surface area contributed by atoms with Crippen molar-refractivity contribution in [3.63, 3.8) is 0 Å². The van der Waals surface area contributed by atoms with Crippen LogP contribution in [0.25, 0.3) is 0 Å². The van der Waals surface area contributed by atoms with Crippen LogP contribution < -0.4 is 20.1 Å². The van der Waals surface area contributed by atoms with E-state index < -0.39 is 0 Å². The van der Waals surface area contributed by atoms with Crippen molar-refractivity contribution < 1.29 is 9.47 Å². The Labute approximate surface area is 183 Å². The molecule has 2 rings (SSSR count). The highest BCUT2D eigenvalue weighted by Crippen LogP contribution is 2.27. The zero-order valence-corrected chi connectivity index (χ0v) is 19.0. The van der Waals surface area contributed by atoms with Gasteiger partial charge < -0.3 is 20.1 Å². The average molecular weight is 504 g/mol. The first kappa shape index (κ1) is 23.4. The highest BCUT2D eigenvalue weighted by Gasteiger charge is 2.05. The van der Waals surface area contributed by atoms with Crippen LogP contribution in [0.1, 0.15) is 18.1 Å². The molecule has 0 unspecified atom stereocenters. The van der Waals surface area contributed by atoms with E-state index in [2.05, 4.69) is 21.7 Å². The lowest BCUT2D eigenvalue weighted by atomic mass is 10.1. The predicted octanol–water partition coefficient (Wildman–Crippen LogP) is 4.27. The first-order valence-corrected chi connectivity index (χ1v) is 9.01. The quantitative estimate of drug-likeness (QED) is 0.321. The summed E-state index contributed by atoms with van der Waals surface area (Å²) in [7, 11) is 3.26. The smallest absolute Gasteiger partial charge is 0.191 e. The molecule has 0 fully saturated rings. The molecule has 5 nitrogen and oxygen atoms in total. The lowest BCUT2D eigenvalue weighted by molar-refractivity contribution is 0.354. The molecule has 2 aromatic carbocycles. The van der Waals surface area contributed by atoms with Gasteiger partial charge in [0, 0.05) is 18.1 Å². The lowest BCUT2D eigenvalue weighted by Gasteiger charge is -2.12. The summed E-state index contributed by atoms with van der Waals surface area (Å²) >= 11 is 6.02. The molecule has 0 saturated heterocycles. The van der Waals surface area contributed by atoms with Gasteiger partial charge in [0.15, 0.2) is 17.5 Å². The summed E-state index contributed by atoms with van der Waals surface area (Å²) < 4.78 is 10.6. The number of benzene rings is 2. The van der Waals surface area contributed by atoms with Gasteiger partial charge in [-0.2, -0.15) is 0 Å². The fourth-order valence-electron chi connectivity index (χ4n) is 2.51. The monoisotopic (exact) mass is 503 g/mol. The minimum absolute atomic E-state index is 0. The van der Waals surface area contributed by atoms with E-state index in [1.807, 2.05) is 43.3 Å². The van der Waals surface area contributed by atoms with Crippen LogP contribution in [0.4, 0.5) is 0 Å². The van der Waals surface area contributed by atoms with Crippen molar-refractivity contribution >= 4 is 41.5 Å². The number of ether oxygens (including phenoxy) is 2. The zero-order valence-electron chi connectivity index (χ0n) is 15.9. The maximum Gasteiger partial charge on any atom is 0.191 e. The molecule has 0 aliphatic carbocycles. The largest absolute Gasteiger partial charge is 0.493 e. The lowest BCUT2D eigenvalue weighted by Crippen LogP contribution is -2.38. The Kier molecular flexibility index (Phi) is 11.0. The van der Waals surface area contributed by atoms with Crippen LogP contribution in [0, 0.1) is 0 Å². The van der Waals surface area contributed by atoms with Gasteiger partial charge >= 0.3 is 0 Å². The Hall–Kier alpha value is -1.67. The van der Waals surface area contributed by atoms with Crippen molar-refractivity contribution in [2.45, 2.75) is 19.9 Å². The molecule has 0 bridgehead atoms. The fraction of sp³-hybridized carbons (Fsp3) is 0.350. The molecule has 0 amide bonds. The summed E-state index contributed by atoms with van der Waals surface area (Å²) in [5.74, 6) is 2.20. The molecule has 0 spiro atoms. The zero-order chi connectivity index (χ0) is 18.8. The Morgan fingerprint density at radius 3 is 2.44 bits per heavy atom. The van der Waals surface area contributed by atoms with Gasteiger partial charge in [0.1, 0.15) is 0 Å². The normalized spacial score (nSPS) is 10.7. The van der Waals surface area contributed by atoms with Gasteiger partial charge in [0.25, 0.3) is 0 Å². The van der Waals surface area contributed by atoms with Crippen molar-refractivity contribution in [1.29, 1.82) is 0 Å². The van der Waals surface area contributed by atoms with Gasteiger partial charge in [-0.25, -0.2) is 4.99 Å². The molecule has 2 N–H and O–H groups in total. The number of hydrogen-bond donors (Lipinski definition) is 2. The third-order valence-corrected chi connectivity index (χ3v) is 4.04. The minimum atomic E-state index is 0. The SMILES string of the molecule is CCNC(=NCc1ccc(OC)c(OC)c1)NCCc1cccc(Cl)c1.I. The highest BCUT2D eigenvalue weighted by molar-refractivity contribution is 14.0. The maximum absolute atomic E-state index is 6.02. The molecule has 2 aromatic rings. The number of methoxy groups -OCH3 is 2. The molecule has 0 radical (unpaired) electrons. The molecular formula is C20H27ClIN3O2. The van der Waals surface area contributed by atoms with E-state index in [0.717, 1.165) is 36.1 Å². The second-order valence-electron chi connectivity index (χ2n) is 5.69. The Bertz CT molecular complexity index is 741. The Morgan fingerprint density at radius 2 is 1.78 bits per heavy atom. The van der Waals surface area contributed by atoms with Crippen LogP contribution in [0.5, 0.6) is 11.5 Å². The summed E-state index contributed by atoms with van der Waals surface area (Å²) in [5, 5.41) is 7.37. The van der Waals surface area contributed by atoms with Crippen molar-refractivity contribution in [1.82, 2.24) is 10.6 Å². The third kappa shape index (κ3) is 7.84. The van der Waals surface area contributed by atoms with Crippen molar-refractivity contribution in [2.75, 3.05) is 27.3 Å². The molecule has 0 aromatic heterocycles. The van der Waals surface area contributed by atoms with E-state index in [4.69, 9.17) is 21.1 Å². The number of halogens is 2. The van der Waals surface area contributed by atoms with E-state index in [1.54, 1.807) is 14.2 Å². The predicted molar refractivity (Wildman–Crippen MR) is 123 cm³/mol. The molecule has 0 heterocycles. The van der Waals surface area contributed by atoms with Gasteiger partial charge in [-0.05, 0) is 48.7 Å². The van der Waals surface area contributed by atoms with Crippen LogP contribution in [-0.4, -0.2) is 33.3 Å². The number of hydrogen-bond acceptors (Lipinski definition) is 3. The summed E-state index contributed by atoms with van der Waals surface area (Å²) in [4.78, 5) is 4.64. The van der Waals surface area contributed by atoms with Gasteiger partial charge in [-0.15, -0.1) is 24.0 Å². The molecule has 27 heavy (non-hydrogen) atoms. The number of nitrogens with one attached hydrogen (secondary N) is 2. The van der Waals surface area contributed by atoms with Crippen molar-refractivity contribution in [3.8, 4) is 11.5 Å². The summed E-state index contributed by atoms with van der Waals surface area (Å²) in [6.45, 7) is 4.17. The van der Waals surface area contributed by atoms with Crippen LogP contribution in [0.3, 0.4) is 0 Å². The maximum atomic E-state index is 6.02. The van der Waals surface area contributed by atoms with Crippen molar-refractivity contribution in [2.24, 2.45) is 4.99 Å². The number of nitrogens with zero attached hydrogens (tertiary/aromatic N) is 1. The van der Waals surface area contributed by atoms with E-state index in [9.17, 15) is 0 Å². The first-order chi connectivity index (χ1) is 12.7. The van der Waals surface area contributed by atoms with E-state index in [0.29, 0.717) is 18.0 Å². The van der Waals surface area contributed by atoms with E-state index in [-0.39, 0.29) is 24.0 Å². The van der Waals surface area contributed by atoms with Gasteiger partial charge in [0.2, 0.25) is 0 Å². The molecule has 7 heteroatoms. The number of guanidine groups is 1. The summed E-state index contributed by atoms with van der Waals surface area (Å²) in [6.07, 6.45) is 0.876. The highest BCUT2D eigenvalue weighted by atomic mass is 127. The molecule has 0 aliphatic rings. The van der Waals surface area contributed by atoms with E-state index in [1.165, 1.54) is 5.56 Å². The van der Waals surface area contributed by atoms with E-state index >= 15 is 0 Å². The second-order valence-corrected chi connectivity index (χ2v) is 6.13. The third-order valence-electron chi connectivity index (χ3n) is 3.81. The molecule has 0 atom stereocenters. The molecule has 148 valence electrons. The van der Waals surface area contributed by atoms with Gasteiger partial charge in [0.05, 0.1) is 20.8 Å². The van der Waals surface area contributed by atoms with Crippen LogP contribution in [0.15, 0.2) is 47.5 Å². The van der Waals surface area contributed by atoms with Crippen molar-refractivity contribution in [3.05, 3.63) is 58.6 Å². The van der Waals surface area contributed by atoms with Crippen LogP contribution in [0.2, 0.25) is 5.02 Å². The average Bonchev–Trinajstić information content (AvgIpc) is 2.66. The Balaban J connectivity index is 0.00000364. The van der Waals surface area contributed by atoms with Crippen LogP contribution in [-0.2, 0) is 13.0 Å². The minimum Gasteiger partial charge on any atom is -0.493 e. The standard InChI is InChI=1S/C20H26ClN3O2.HI/c1-4-22-20(23-11-10-15-6-5-7-17(21)12-15)24-14-16-8-9-18(25-2)19(13-16)26-3;/h5-9,12-13H,4,10-11,14H2,1-3H3,(H2,22,23,24);1H. The molecule has 0 saturated carbocycles. The van der Waals surface area contributed by atoms with Gasteiger partial charge in [-0.1, -0.05) is 29.8 Å². The van der Waals surface area contributed by atoms with Gasteiger partial charge in [-0.3, -0.25) is 0 Å². The second kappa shape index (κ2) is 12.7. The Morgan fingerprint density at radius 1 is 1.00 bits per heavy atom. The molecular weight excluding hydrogens is 477 g/mol. The number of rotatable bonds is 8. The topological polar surface area (TPSA) is 54.9 Å². The number of aliphatic imine (C=N–C) groups is 1. The fourth-order valence-corrected chi connectivity index (χ4v) is 2.72. The van der Waals surface area contributed by atoms with Crippen LogP contribution >= 0.6 is 35.6 Å².